The fourth-order valence-electron chi connectivity index (χ4n) is 3.57. The zero-order valence-electron chi connectivity index (χ0n) is 19.5. The Kier molecular flexibility index (Phi) is 7.83. The maximum absolute atomic E-state index is 12.4. The summed E-state index contributed by atoms with van der Waals surface area (Å²) in [6.45, 7) is 3.83. The predicted molar refractivity (Wildman–Crippen MR) is 127 cm³/mol. The van der Waals surface area contributed by atoms with Gasteiger partial charge in [-0.2, -0.15) is 0 Å². The highest BCUT2D eigenvalue weighted by Gasteiger charge is 2.16. The lowest BCUT2D eigenvalue weighted by Gasteiger charge is -2.17. The molecule has 0 radical (unpaired) electrons. The van der Waals surface area contributed by atoms with E-state index in [1.807, 2.05) is 68.4 Å². The minimum Gasteiger partial charge on any atom is -0.497 e. The van der Waals surface area contributed by atoms with E-state index in [0.29, 0.717) is 12.1 Å². The van der Waals surface area contributed by atoms with E-state index in [-0.39, 0.29) is 31.1 Å². The average Bonchev–Trinajstić information content (AvgIpc) is 2.81. The maximum atomic E-state index is 12.4. The van der Waals surface area contributed by atoms with Crippen LogP contribution in [0.15, 0.2) is 54.6 Å². The molecule has 3 aromatic carbocycles. The van der Waals surface area contributed by atoms with Gasteiger partial charge in [-0.15, -0.1) is 0 Å². The normalized spacial score (nSPS) is 10.7. The van der Waals surface area contributed by atoms with Crippen LogP contribution in [0, 0.1) is 13.8 Å². The molecule has 33 heavy (non-hydrogen) atoms. The van der Waals surface area contributed by atoms with Crippen LogP contribution in [0.1, 0.15) is 39.9 Å². The summed E-state index contributed by atoms with van der Waals surface area (Å²) in [6.07, 6.45) is -0.00756. The molecule has 172 valence electrons. The Balaban J connectivity index is 1.47. The van der Waals surface area contributed by atoms with Gasteiger partial charge in [-0.3, -0.25) is 14.4 Å². The van der Waals surface area contributed by atoms with E-state index in [4.69, 9.17) is 9.47 Å². The average molecular weight is 448 g/mol. The summed E-state index contributed by atoms with van der Waals surface area (Å²) in [5.41, 5.74) is 3.45. The van der Waals surface area contributed by atoms with Crippen LogP contribution in [-0.4, -0.2) is 43.3 Å². The number of benzene rings is 3. The molecule has 0 saturated heterocycles. The van der Waals surface area contributed by atoms with Crippen LogP contribution >= 0.6 is 0 Å². The Labute approximate surface area is 194 Å². The van der Waals surface area contributed by atoms with Gasteiger partial charge in [0.25, 0.3) is 5.91 Å². The van der Waals surface area contributed by atoms with Crippen molar-refractivity contribution in [1.82, 2.24) is 4.90 Å². The molecule has 0 unspecified atom stereocenters. The summed E-state index contributed by atoms with van der Waals surface area (Å²) in [5.74, 6) is -0.181. The number of ether oxygens (including phenoxy) is 2. The van der Waals surface area contributed by atoms with Gasteiger partial charge in [0.1, 0.15) is 5.75 Å². The van der Waals surface area contributed by atoms with E-state index in [1.165, 1.54) is 4.90 Å². The molecule has 3 aromatic rings. The minimum atomic E-state index is -0.560. The molecule has 0 heterocycles. The number of likely N-dealkylation sites (N-methyl/N-ethyl adjacent to an activating group) is 1. The summed E-state index contributed by atoms with van der Waals surface area (Å²) in [6, 6.07) is 17.4. The van der Waals surface area contributed by atoms with Crippen molar-refractivity contribution in [1.29, 1.82) is 0 Å². The van der Waals surface area contributed by atoms with Gasteiger partial charge in [-0.25, -0.2) is 0 Å². The van der Waals surface area contributed by atoms with Crippen LogP contribution in [0.5, 0.6) is 5.75 Å². The second-order valence-corrected chi connectivity index (χ2v) is 8.20. The molecule has 1 amide bonds. The van der Waals surface area contributed by atoms with Gasteiger partial charge < -0.3 is 14.4 Å². The lowest BCUT2D eigenvalue weighted by molar-refractivity contribution is -0.151. The highest BCUT2D eigenvalue weighted by Crippen LogP contribution is 2.22. The topological polar surface area (TPSA) is 72.9 Å². The van der Waals surface area contributed by atoms with Crippen molar-refractivity contribution in [3.8, 4) is 5.75 Å². The largest absolute Gasteiger partial charge is 0.497 e. The zero-order valence-corrected chi connectivity index (χ0v) is 19.5. The Morgan fingerprint density at radius 3 is 2.36 bits per heavy atom. The van der Waals surface area contributed by atoms with E-state index < -0.39 is 5.97 Å². The lowest BCUT2D eigenvalue weighted by atomic mass is 9.99. The molecule has 6 nitrogen and oxygen atoms in total. The first kappa shape index (κ1) is 24.0. The molecular weight excluding hydrogens is 418 g/mol. The molecule has 0 aliphatic carbocycles. The van der Waals surface area contributed by atoms with E-state index in [9.17, 15) is 14.4 Å². The van der Waals surface area contributed by atoms with E-state index >= 15 is 0 Å². The monoisotopic (exact) mass is 447 g/mol. The lowest BCUT2D eigenvalue weighted by Crippen LogP contribution is -2.30. The Morgan fingerprint density at radius 2 is 1.61 bits per heavy atom. The minimum absolute atomic E-state index is 0.0506. The molecule has 0 aliphatic heterocycles. The number of fused-ring (bicyclic) bond motifs is 1. The molecule has 3 rings (SSSR count). The fourth-order valence-corrected chi connectivity index (χ4v) is 3.57. The first-order chi connectivity index (χ1) is 15.8. The number of Topliss-reactive ketones (excluding diaryl/α,β-unsaturated/α-hetero) is 1. The molecule has 0 atom stereocenters. The van der Waals surface area contributed by atoms with Crippen LogP contribution in [-0.2, 0) is 20.9 Å². The van der Waals surface area contributed by atoms with Gasteiger partial charge in [0.15, 0.2) is 12.4 Å². The number of esters is 1. The summed E-state index contributed by atoms with van der Waals surface area (Å²) < 4.78 is 10.3. The van der Waals surface area contributed by atoms with Gasteiger partial charge >= 0.3 is 5.97 Å². The standard InChI is InChI=1S/C27H29NO5/c1-18-5-6-19(2)24(13-18)25(29)11-12-27(31)33-17-26(30)28(3)16-20-7-8-22-15-23(32-4)10-9-21(22)14-20/h5-10,13-15H,11-12,16-17H2,1-4H3. The molecule has 0 bridgehead atoms. The molecule has 0 fully saturated rings. The number of methoxy groups -OCH3 is 1. The first-order valence-corrected chi connectivity index (χ1v) is 10.8. The SMILES string of the molecule is COc1ccc2cc(CN(C)C(=O)COC(=O)CCC(=O)c3cc(C)ccc3C)ccc2c1. The third-order valence-corrected chi connectivity index (χ3v) is 5.56. The fraction of sp³-hybridized carbons (Fsp3) is 0.296. The number of hydrogen-bond donors (Lipinski definition) is 0. The van der Waals surface area contributed by atoms with Crippen LogP contribution in [0.3, 0.4) is 0 Å². The Bertz CT molecular complexity index is 1180. The Hall–Kier alpha value is -3.67. The van der Waals surface area contributed by atoms with Crippen molar-refractivity contribution in [2.45, 2.75) is 33.2 Å². The summed E-state index contributed by atoms with van der Waals surface area (Å²) in [7, 11) is 3.30. The van der Waals surface area contributed by atoms with Crippen molar-refractivity contribution in [2.75, 3.05) is 20.8 Å². The van der Waals surface area contributed by atoms with Gasteiger partial charge in [0, 0.05) is 25.6 Å². The number of carbonyl (C=O) groups excluding carboxylic acids is 3. The maximum Gasteiger partial charge on any atom is 0.306 e. The molecule has 0 N–H and O–H groups in total. The summed E-state index contributed by atoms with van der Waals surface area (Å²) in [4.78, 5) is 38.4. The molecule has 0 aromatic heterocycles. The predicted octanol–water partition coefficient (Wildman–Crippen LogP) is 4.63. The van der Waals surface area contributed by atoms with Gasteiger partial charge in [-0.1, -0.05) is 35.9 Å². The van der Waals surface area contributed by atoms with Crippen molar-refractivity contribution < 1.29 is 23.9 Å². The summed E-state index contributed by atoms with van der Waals surface area (Å²) in [5, 5.41) is 2.10. The van der Waals surface area contributed by atoms with Gasteiger partial charge in [0.2, 0.25) is 0 Å². The zero-order chi connectivity index (χ0) is 24.0. The van der Waals surface area contributed by atoms with Gasteiger partial charge in [-0.05, 0) is 60.0 Å². The van der Waals surface area contributed by atoms with Crippen LogP contribution in [0.25, 0.3) is 10.8 Å². The third-order valence-electron chi connectivity index (χ3n) is 5.56. The second-order valence-electron chi connectivity index (χ2n) is 8.20. The van der Waals surface area contributed by atoms with E-state index in [2.05, 4.69) is 0 Å². The Morgan fingerprint density at radius 1 is 0.879 bits per heavy atom. The quantitative estimate of drug-likeness (QED) is 0.353. The molecule has 0 aliphatic rings. The van der Waals surface area contributed by atoms with Crippen molar-refractivity contribution in [3.63, 3.8) is 0 Å². The summed E-state index contributed by atoms with van der Waals surface area (Å²) >= 11 is 0. The highest BCUT2D eigenvalue weighted by atomic mass is 16.5. The van der Waals surface area contributed by atoms with Crippen LogP contribution in [0.4, 0.5) is 0 Å². The highest BCUT2D eigenvalue weighted by molar-refractivity contribution is 5.99. The molecule has 0 spiro atoms. The molecular formula is C27H29NO5. The molecule has 0 saturated carbocycles. The van der Waals surface area contributed by atoms with Gasteiger partial charge in [0.05, 0.1) is 13.5 Å². The number of nitrogens with zero attached hydrogens (tertiary/aromatic N) is 1. The number of ketones is 1. The number of rotatable bonds is 9. The third kappa shape index (κ3) is 6.42. The number of aryl methyl sites for hydroxylation is 2. The number of carbonyl (C=O) groups is 3. The van der Waals surface area contributed by atoms with Crippen molar-refractivity contribution in [3.05, 3.63) is 76.9 Å². The van der Waals surface area contributed by atoms with E-state index in [1.54, 1.807) is 14.2 Å². The van der Waals surface area contributed by atoms with E-state index in [0.717, 1.165) is 33.2 Å². The first-order valence-electron chi connectivity index (χ1n) is 10.8. The van der Waals surface area contributed by atoms with Crippen LogP contribution in [0.2, 0.25) is 0 Å². The van der Waals surface area contributed by atoms with Crippen molar-refractivity contribution >= 4 is 28.4 Å². The van der Waals surface area contributed by atoms with Crippen LogP contribution < -0.4 is 4.74 Å². The smallest absolute Gasteiger partial charge is 0.306 e. The number of amides is 1. The second kappa shape index (κ2) is 10.8. The van der Waals surface area contributed by atoms with Crippen molar-refractivity contribution in [2.24, 2.45) is 0 Å². The number of hydrogen-bond acceptors (Lipinski definition) is 5. The molecule has 6 heteroatoms.